The van der Waals surface area contributed by atoms with E-state index in [1.807, 2.05) is 18.2 Å². The molecule has 0 aliphatic carbocycles. The van der Waals surface area contributed by atoms with Gasteiger partial charge in [-0.3, -0.25) is 9.78 Å². The van der Waals surface area contributed by atoms with Crippen LogP contribution in [0.2, 0.25) is 5.02 Å². The van der Waals surface area contributed by atoms with E-state index in [9.17, 15) is 4.79 Å². The maximum Gasteiger partial charge on any atom is 0.267 e. The second kappa shape index (κ2) is 7.71. The number of anilines is 2. The number of rotatable bonds is 4. The monoisotopic (exact) mass is 383 g/mol. The second-order valence-electron chi connectivity index (χ2n) is 6.18. The number of aromatic nitrogens is 5. The Morgan fingerprint density at radius 1 is 0.926 bits per heavy atom. The molecule has 0 spiro atoms. The smallest absolute Gasteiger partial charge is 0.267 e. The van der Waals surface area contributed by atoms with Crippen LogP contribution in [0.25, 0.3) is 0 Å². The van der Waals surface area contributed by atoms with Crippen LogP contribution in [0.4, 0.5) is 11.8 Å². The van der Waals surface area contributed by atoms with Crippen molar-refractivity contribution < 1.29 is 0 Å². The van der Waals surface area contributed by atoms with Gasteiger partial charge in [-0.1, -0.05) is 17.7 Å². The lowest BCUT2D eigenvalue weighted by Gasteiger charge is -2.35. The van der Waals surface area contributed by atoms with E-state index in [1.165, 1.54) is 4.68 Å². The fourth-order valence-electron chi connectivity index (χ4n) is 2.97. The molecule has 138 valence electrons. The average Bonchev–Trinajstić information content (AvgIpc) is 2.71. The lowest BCUT2D eigenvalue weighted by Crippen LogP contribution is -2.47. The standard InChI is InChI=1S/C18H18ClN7O/c19-14-11-21-18(22-12-14)25-9-7-24(8-10-25)16-4-5-17(27)26(23-16)13-15-3-1-2-6-20-15/h1-6,11-12H,7-10,13H2. The van der Waals surface area contributed by atoms with Gasteiger partial charge in [0.2, 0.25) is 5.95 Å². The Hall–Kier alpha value is -3.00. The number of nitrogens with zero attached hydrogens (tertiary/aromatic N) is 7. The third-order valence-electron chi connectivity index (χ3n) is 4.38. The van der Waals surface area contributed by atoms with Gasteiger partial charge in [0.1, 0.15) is 5.82 Å². The van der Waals surface area contributed by atoms with Crippen molar-refractivity contribution in [3.8, 4) is 0 Å². The van der Waals surface area contributed by atoms with Crippen LogP contribution in [-0.4, -0.2) is 50.9 Å². The SMILES string of the molecule is O=c1ccc(N2CCN(c3ncc(Cl)cn3)CC2)nn1Cc1ccccn1. The van der Waals surface area contributed by atoms with E-state index in [2.05, 4.69) is 29.9 Å². The van der Waals surface area contributed by atoms with E-state index >= 15 is 0 Å². The van der Waals surface area contributed by atoms with Crippen LogP contribution in [-0.2, 0) is 6.54 Å². The molecule has 3 aromatic rings. The minimum absolute atomic E-state index is 0.141. The highest BCUT2D eigenvalue weighted by Crippen LogP contribution is 2.16. The van der Waals surface area contributed by atoms with Crippen LogP contribution in [0.15, 0.2) is 53.7 Å². The van der Waals surface area contributed by atoms with E-state index in [-0.39, 0.29) is 5.56 Å². The van der Waals surface area contributed by atoms with Crippen molar-refractivity contribution in [1.29, 1.82) is 0 Å². The maximum absolute atomic E-state index is 12.1. The zero-order valence-electron chi connectivity index (χ0n) is 14.6. The molecule has 1 aliphatic heterocycles. The van der Waals surface area contributed by atoms with E-state index in [4.69, 9.17) is 11.6 Å². The van der Waals surface area contributed by atoms with Gasteiger partial charge in [0, 0.05) is 38.4 Å². The summed E-state index contributed by atoms with van der Waals surface area (Å²) in [6, 6.07) is 8.95. The van der Waals surface area contributed by atoms with E-state index in [0.717, 1.165) is 37.7 Å². The quantitative estimate of drug-likeness (QED) is 0.674. The molecule has 9 heteroatoms. The molecule has 4 heterocycles. The Labute approximate surface area is 161 Å². The molecule has 0 saturated carbocycles. The summed E-state index contributed by atoms with van der Waals surface area (Å²) in [4.78, 5) is 29.2. The molecule has 0 atom stereocenters. The molecule has 0 bridgehead atoms. The van der Waals surface area contributed by atoms with Gasteiger partial charge in [0.25, 0.3) is 5.56 Å². The van der Waals surface area contributed by atoms with Crippen LogP contribution in [0.3, 0.4) is 0 Å². The Balaban J connectivity index is 1.46. The van der Waals surface area contributed by atoms with Crippen molar-refractivity contribution in [3.63, 3.8) is 0 Å². The highest BCUT2D eigenvalue weighted by atomic mass is 35.5. The third kappa shape index (κ3) is 4.06. The molecule has 0 radical (unpaired) electrons. The summed E-state index contributed by atoms with van der Waals surface area (Å²) < 4.78 is 1.45. The topological polar surface area (TPSA) is 80.0 Å². The zero-order chi connectivity index (χ0) is 18.6. The van der Waals surface area contributed by atoms with Gasteiger partial charge in [0.15, 0.2) is 0 Å². The van der Waals surface area contributed by atoms with Crippen molar-refractivity contribution in [2.75, 3.05) is 36.0 Å². The van der Waals surface area contributed by atoms with Gasteiger partial charge < -0.3 is 9.80 Å². The average molecular weight is 384 g/mol. The molecule has 0 unspecified atom stereocenters. The molecule has 27 heavy (non-hydrogen) atoms. The second-order valence-corrected chi connectivity index (χ2v) is 6.62. The third-order valence-corrected chi connectivity index (χ3v) is 4.58. The predicted molar refractivity (Wildman–Crippen MR) is 103 cm³/mol. The molecule has 0 aromatic carbocycles. The highest BCUT2D eigenvalue weighted by Gasteiger charge is 2.20. The van der Waals surface area contributed by atoms with Crippen LogP contribution >= 0.6 is 11.6 Å². The number of piperazine rings is 1. The van der Waals surface area contributed by atoms with Crippen LogP contribution in [0.5, 0.6) is 0 Å². The summed E-state index contributed by atoms with van der Waals surface area (Å²) in [7, 11) is 0. The first-order valence-electron chi connectivity index (χ1n) is 8.64. The normalized spacial score (nSPS) is 14.4. The van der Waals surface area contributed by atoms with E-state index in [1.54, 1.807) is 30.7 Å². The maximum atomic E-state index is 12.1. The van der Waals surface area contributed by atoms with Crippen molar-refractivity contribution >= 4 is 23.4 Å². The summed E-state index contributed by atoms with van der Waals surface area (Å²) in [5.41, 5.74) is 0.659. The Kier molecular flexibility index (Phi) is 4.97. The number of hydrogen-bond acceptors (Lipinski definition) is 7. The summed E-state index contributed by atoms with van der Waals surface area (Å²) in [6.45, 7) is 3.42. The van der Waals surface area contributed by atoms with Crippen LogP contribution < -0.4 is 15.4 Å². The Morgan fingerprint density at radius 3 is 2.37 bits per heavy atom. The fraction of sp³-hybridized carbons (Fsp3) is 0.278. The van der Waals surface area contributed by atoms with E-state index < -0.39 is 0 Å². The minimum Gasteiger partial charge on any atom is -0.352 e. The first-order chi connectivity index (χ1) is 13.2. The van der Waals surface area contributed by atoms with Gasteiger partial charge in [-0.25, -0.2) is 14.6 Å². The molecular formula is C18H18ClN7O. The molecule has 4 rings (SSSR count). The lowest BCUT2D eigenvalue weighted by molar-refractivity contribution is 0.592. The summed E-state index contributed by atoms with van der Waals surface area (Å²) in [6.07, 6.45) is 4.92. The molecule has 8 nitrogen and oxygen atoms in total. The summed E-state index contributed by atoms with van der Waals surface area (Å²) in [5.74, 6) is 1.45. The largest absolute Gasteiger partial charge is 0.352 e. The lowest BCUT2D eigenvalue weighted by atomic mass is 10.3. The summed E-state index contributed by atoms with van der Waals surface area (Å²) in [5, 5.41) is 5.05. The molecule has 1 aliphatic rings. The van der Waals surface area contributed by atoms with Crippen molar-refractivity contribution in [1.82, 2.24) is 24.7 Å². The van der Waals surface area contributed by atoms with Crippen molar-refractivity contribution in [3.05, 3.63) is 70.0 Å². The Morgan fingerprint density at radius 2 is 1.67 bits per heavy atom. The predicted octanol–water partition coefficient (Wildman–Crippen LogP) is 1.46. The number of pyridine rings is 1. The van der Waals surface area contributed by atoms with Gasteiger partial charge >= 0.3 is 0 Å². The fourth-order valence-corrected chi connectivity index (χ4v) is 3.07. The van der Waals surface area contributed by atoms with Crippen molar-refractivity contribution in [2.24, 2.45) is 0 Å². The molecular weight excluding hydrogens is 366 g/mol. The summed E-state index contributed by atoms with van der Waals surface area (Å²) >= 11 is 5.85. The van der Waals surface area contributed by atoms with Crippen LogP contribution in [0.1, 0.15) is 5.69 Å². The zero-order valence-corrected chi connectivity index (χ0v) is 15.3. The number of hydrogen-bond donors (Lipinski definition) is 0. The number of halogens is 1. The van der Waals surface area contributed by atoms with Gasteiger partial charge in [0.05, 0.1) is 29.7 Å². The Bertz CT molecular complexity index is 953. The molecule has 3 aromatic heterocycles. The first kappa shape index (κ1) is 17.4. The van der Waals surface area contributed by atoms with Crippen LogP contribution in [0, 0.1) is 0 Å². The molecule has 0 N–H and O–H groups in total. The molecule has 1 saturated heterocycles. The highest BCUT2D eigenvalue weighted by molar-refractivity contribution is 6.30. The van der Waals surface area contributed by atoms with Gasteiger partial charge in [-0.2, -0.15) is 5.10 Å². The molecule has 0 amide bonds. The van der Waals surface area contributed by atoms with E-state index in [0.29, 0.717) is 17.5 Å². The van der Waals surface area contributed by atoms with Gasteiger partial charge in [-0.15, -0.1) is 0 Å². The minimum atomic E-state index is -0.141. The van der Waals surface area contributed by atoms with Crippen molar-refractivity contribution in [2.45, 2.75) is 6.54 Å². The first-order valence-corrected chi connectivity index (χ1v) is 9.02. The molecule has 1 fully saturated rings. The van der Waals surface area contributed by atoms with Gasteiger partial charge in [-0.05, 0) is 18.2 Å².